The van der Waals surface area contributed by atoms with Gasteiger partial charge in [0, 0.05) is 49.1 Å². The van der Waals surface area contributed by atoms with Gasteiger partial charge in [0.1, 0.15) is 0 Å². The molecule has 0 atom stereocenters. The average molecular weight is 598 g/mol. The Morgan fingerprint density at radius 3 is 1.38 bits per heavy atom. The van der Waals surface area contributed by atoms with Gasteiger partial charge in [0.2, 0.25) is 0 Å². The lowest BCUT2D eigenvalue weighted by Crippen LogP contribution is -1.99. The van der Waals surface area contributed by atoms with Crippen molar-refractivity contribution >= 4 is 81.7 Å². The van der Waals surface area contributed by atoms with Crippen molar-refractivity contribution in [2.24, 2.45) is 0 Å². The molecule has 0 unspecified atom stereocenters. The predicted molar refractivity (Wildman–Crippen MR) is 199 cm³/mol. The number of aromatic nitrogens is 3. The Morgan fingerprint density at radius 2 is 0.745 bits per heavy atom. The van der Waals surface area contributed by atoms with Crippen molar-refractivity contribution < 1.29 is 0 Å². The standard InChI is InChI=1S/C44H27N3/c1-2-16-33-31(14-1)32-15-3-10-23-41(32)47-42(33)26-28-24-25-37-36-19-6-9-22-40(36)46(44(37)43(28)47)30-13-11-12-29(27-30)45-38-20-7-4-17-34(38)35-18-5-8-21-39(35)45/h1-27H. The summed E-state index contributed by atoms with van der Waals surface area (Å²) in [5.74, 6) is 0. The SMILES string of the molecule is c1cc(-n2c3ccccc3c3ccccc32)cc(-n2c3ccccc3c3ccc4cc5c6ccccc6c6ccccc6n5c4c32)c1. The second kappa shape index (κ2) is 9.12. The van der Waals surface area contributed by atoms with Crippen LogP contribution in [0.5, 0.6) is 0 Å². The summed E-state index contributed by atoms with van der Waals surface area (Å²) in [5.41, 5.74) is 10.8. The van der Waals surface area contributed by atoms with Gasteiger partial charge in [-0.05, 0) is 53.9 Å². The van der Waals surface area contributed by atoms with E-state index in [1.165, 1.54) is 81.7 Å². The van der Waals surface area contributed by atoms with Crippen LogP contribution in [0.3, 0.4) is 0 Å². The minimum atomic E-state index is 1.14. The molecule has 0 bridgehead atoms. The molecule has 0 aliphatic rings. The van der Waals surface area contributed by atoms with Crippen LogP contribution >= 0.6 is 0 Å². The van der Waals surface area contributed by atoms with Crippen LogP contribution in [0, 0.1) is 0 Å². The molecule has 0 saturated heterocycles. The highest BCUT2D eigenvalue weighted by Gasteiger charge is 2.20. The maximum atomic E-state index is 2.50. The number of para-hydroxylation sites is 4. The van der Waals surface area contributed by atoms with E-state index in [4.69, 9.17) is 0 Å². The van der Waals surface area contributed by atoms with E-state index < -0.39 is 0 Å². The van der Waals surface area contributed by atoms with Crippen molar-refractivity contribution in [1.29, 1.82) is 0 Å². The number of fused-ring (bicyclic) bond motifs is 15. The molecular formula is C44H27N3. The van der Waals surface area contributed by atoms with Gasteiger partial charge in [0.15, 0.2) is 0 Å². The molecule has 0 aliphatic carbocycles. The highest BCUT2D eigenvalue weighted by Crippen LogP contribution is 2.41. The smallest absolute Gasteiger partial charge is 0.0788 e. The Labute approximate surface area is 269 Å². The lowest BCUT2D eigenvalue weighted by molar-refractivity contribution is 1.13. The van der Waals surface area contributed by atoms with Gasteiger partial charge >= 0.3 is 0 Å². The van der Waals surface area contributed by atoms with E-state index in [2.05, 4.69) is 177 Å². The Kier molecular flexibility index (Phi) is 4.84. The van der Waals surface area contributed by atoms with Crippen LogP contribution in [-0.4, -0.2) is 13.5 Å². The summed E-state index contributed by atoms with van der Waals surface area (Å²) >= 11 is 0. The van der Waals surface area contributed by atoms with E-state index in [0.717, 1.165) is 11.4 Å². The van der Waals surface area contributed by atoms with Crippen LogP contribution in [0.1, 0.15) is 0 Å². The molecule has 0 radical (unpaired) electrons. The van der Waals surface area contributed by atoms with Crippen molar-refractivity contribution in [1.82, 2.24) is 13.5 Å². The number of rotatable bonds is 2. The second-order valence-corrected chi connectivity index (χ2v) is 12.6. The van der Waals surface area contributed by atoms with Gasteiger partial charge in [-0.25, -0.2) is 0 Å². The van der Waals surface area contributed by atoms with Gasteiger partial charge in [0.05, 0.1) is 38.6 Å². The van der Waals surface area contributed by atoms with Crippen LogP contribution in [0.4, 0.5) is 0 Å². The van der Waals surface area contributed by atoms with Crippen molar-refractivity contribution in [3.8, 4) is 11.4 Å². The molecular weight excluding hydrogens is 571 g/mol. The third kappa shape index (κ3) is 3.25. The molecule has 0 amide bonds. The van der Waals surface area contributed by atoms with Crippen molar-refractivity contribution in [3.05, 3.63) is 164 Å². The molecule has 0 N–H and O–H groups in total. The fraction of sp³-hybridized carbons (Fsp3) is 0. The number of pyridine rings is 1. The minimum absolute atomic E-state index is 1.14. The Balaban J connectivity index is 1.31. The van der Waals surface area contributed by atoms with E-state index >= 15 is 0 Å². The Bertz CT molecular complexity index is 3020. The molecule has 0 fully saturated rings. The molecule has 0 aliphatic heterocycles. The first-order chi connectivity index (χ1) is 23.3. The van der Waals surface area contributed by atoms with Crippen LogP contribution in [0.2, 0.25) is 0 Å². The monoisotopic (exact) mass is 597 g/mol. The summed E-state index contributed by atoms with van der Waals surface area (Å²) in [4.78, 5) is 0. The Morgan fingerprint density at radius 1 is 0.277 bits per heavy atom. The van der Waals surface area contributed by atoms with Crippen LogP contribution in [0.25, 0.3) is 93.1 Å². The molecule has 4 aromatic heterocycles. The van der Waals surface area contributed by atoms with Gasteiger partial charge in [-0.3, -0.25) is 0 Å². The van der Waals surface area contributed by atoms with Crippen molar-refractivity contribution in [2.45, 2.75) is 0 Å². The fourth-order valence-corrected chi connectivity index (χ4v) is 8.27. The van der Waals surface area contributed by atoms with E-state index in [9.17, 15) is 0 Å². The summed E-state index contributed by atoms with van der Waals surface area (Å²) in [7, 11) is 0. The molecule has 47 heavy (non-hydrogen) atoms. The zero-order valence-electron chi connectivity index (χ0n) is 25.4. The van der Waals surface area contributed by atoms with Gasteiger partial charge in [-0.2, -0.15) is 0 Å². The second-order valence-electron chi connectivity index (χ2n) is 12.6. The molecule has 218 valence electrons. The minimum Gasteiger partial charge on any atom is -0.309 e. The Hall–Kier alpha value is -6.32. The number of hydrogen-bond donors (Lipinski definition) is 0. The first-order valence-corrected chi connectivity index (χ1v) is 16.2. The molecule has 0 saturated carbocycles. The summed E-state index contributed by atoms with van der Waals surface area (Å²) < 4.78 is 7.40. The van der Waals surface area contributed by atoms with Gasteiger partial charge in [-0.15, -0.1) is 0 Å². The first-order valence-electron chi connectivity index (χ1n) is 16.2. The maximum Gasteiger partial charge on any atom is 0.0788 e. The van der Waals surface area contributed by atoms with Crippen LogP contribution in [-0.2, 0) is 0 Å². The van der Waals surface area contributed by atoms with Crippen molar-refractivity contribution in [3.63, 3.8) is 0 Å². The predicted octanol–water partition coefficient (Wildman–Crippen LogP) is 11.6. The number of nitrogens with zero attached hydrogens (tertiary/aromatic N) is 3. The summed E-state index contributed by atoms with van der Waals surface area (Å²) in [6.45, 7) is 0. The van der Waals surface area contributed by atoms with Gasteiger partial charge < -0.3 is 13.5 Å². The summed E-state index contributed by atoms with van der Waals surface area (Å²) in [6, 6.07) is 60.0. The zero-order valence-corrected chi connectivity index (χ0v) is 25.4. The third-order valence-corrected chi connectivity index (χ3v) is 10.2. The number of benzene rings is 7. The third-order valence-electron chi connectivity index (χ3n) is 10.2. The van der Waals surface area contributed by atoms with Gasteiger partial charge in [-0.1, -0.05) is 115 Å². The molecule has 4 heterocycles. The van der Waals surface area contributed by atoms with Gasteiger partial charge in [0.25, 0.3) is 0 Å². The largest absolute Gasteiger partial charge is 0.309 e. The summed E-state index contributed by atoms with van der Waals surface area (Å²) in [6.07, 6.45) is 0. The first kappa shape index (κ1) is 24.9. The lowest BCUT2D eigenvalue weighted by atomic mass is 10.1. The molecule has 0 spiro atoms. The molecule has 3 heteroatoms. The summed E-state index contributed by atoms with van der Waals surface area (Å²) in [5, 5.41) is 10.1. The number of hydrogen-bond acceptors (Lipinski definition) is 0. The topological polar surface area (TPSA) is 14.3 Å². The van der Waals surface area contributed by atoms with E-state index in [1.54, 1.807) is 0 Å². The molecule has 7 aromatic carbocycles. The molecule has 11 rings (SSSR count). The van der Waals surface area contributed by atoms with E-state index in [0.29, 0.717) is 0 Å². The van der Waals surface area contributed by atoms with E-state index in [1.807, 2.05) is 0 Å². The fourth-order valence-electron chi connectivity index (χ4n) is 8.27. The molecule has 11 aromatic rings. The molecule has 3 nitrogen and oxygen atoms in total. The maximum absolute atomic E-state index is 2.50. The van der Waals surface area contributed by atoms with Crippen LogP contribution < -0.4 is 0 Å². The van der Waals surface area contributed by atoms with E-state index in [-0.39, 0.29) is 0 Å². The zero-order chi connectivity index (χ0) is 30.6. The highest BCUT2D eigenvalue weighted by molar-refractivity contribution is 6.22. The van der Waals surface area contributed by atoms with Crippen molar-refractivity contribution in [2.75, 3.05) is 0 Å². The lowest BCUT2D eigenvalue weighted by Gasteiger charge is -2.14. The normalized spacial score (nSPS) is 12.3. The highest BCUT2D eigenvalue weighted by atomic mass is 15.0. The average Bonchev–Trinajstić information content (AvgIpc) is 3.80. The quantitative estimate of drug-likeness (QED) is 0.176. The van der Waals surface area contributed by atoms with Crippen LogP contribution in [0.15, 0.2) is 164 Å².